The maximum absolute atomic E-state index is 13.5. The summed E-state index contributed by atoms with van der Waals surface area (Å²) in [6.45, 7) is 0.562. The van der Waals surface area contributed by atoms with E-state index in [0.717, 1.165) is 16.0 Å². The number of rotatable bonds is 5. The van der Waals surface area contributed by atoms with Crippen LogP contribution in [-0.4, -0.2) is 35.3 Å². The number of fused-ring (bicyclic) bond motifs is 3. The molecule has 0 amide bonds. The molecule has 1 atom stereocenters. The fraction of sp³-hybridized carbons (Fsp3) is 0.208. The number of carbonyl (C=O) groups is 1. The van der Waals surface area contributed by atoms with Crippen molar-refractivity contribution >= 4 is 29.1 Å². The lowest BCUT2D eigenvalue weighted by Gasteiger charge is -2.29. The second-order valence-corrected chi connectivity index (χ2v) is 8.54. The molecule has 32 heavy (non-hydrogen) atoms. The summed E-state index contributed by atoms with van der Waals surface area (Å²) in [6, 6.07) is 15.2. The van der Waals surface area contributed by atoms with Crippen molar-refractivity contribution in [1.82, 2.24) is 9.55 Å². The number of aromatic nitrogens is 2. The Bertz CT molecular complexity index is 1390. The van der Waals surface area contributed by atoms with Gasteiger partial charge in [0.2, 0.25) is 0 Å². The van der Waals surface area contributed by atoms with Crippen LogP contribution in [0.1, 0.15) is 33.0 Å². The van der Waals surface area contributed by atoms with Gasteiger partial charge in [-0.1, -0.05) is 36.4 Å². The number of carbonyl (C=O) groups excluding carboxylic acids is 1. The van der Waals surface area contributed by atoms with Gasteiger partial charge < -0.3 is 10.1 Å². The zero-order valence-electron chi connectivity index (χ0n) is 17.6. The van der Waals surface area contributed by atoms with Gasteiger partial charge in [-0.15, -0.1) is 11.8 Å². The van der Waals surface area contributed by atoms with Gasteiger partial charge in [0.1, 0.15) is 5.82 Å². The Hall–Kier alpha value is -3.36. The molecule has 2 heterocycles. The van der Waals surface area contributed by atoms with Crippen LogP contribution in [0.2, 0.25) is 0 Å². The first kappa shape index (κ1) is 20.5. The number of nitrogens with one attached hydrogen (secondary N) is 2. The molecule has 8 heteroatoms. The zero-order valence-corrected chi connectivity index (χ0v) is 18.4. The first-order valence-corrected chi connectivity index (χ1v) is 11.4. The van der Waals surface area contributed by atoms with E-state index in [9.17, 15) is 14.4 Å². The third kappa shape index (κ3) is 3.06. The van der Waals surface area contributed by atoms with Gasteiger partial charge >= 0.3 is 5.69 Å². The largest absolute Gasteiger partial charge is 0.383 e. The highest BCUT2D eigenvalue weighted by Gasteiger charge is 2.42. The highest BCUT2D eigenvalue weighted by atomic mass is 32.2. The number of ketones is 1. The zero-order chi connectivity index (χ0) is 22.4. The number of hydrogen-bond donors (Lipinski definition) is 2. The van der Waals surface area contributed by atoms with Crippen LogP contribution in [0.4, 0.5) is 5.82 Å². The van der Waals surface area contributed by atoms with E-state index in [-0.39, 0.29) is 12.3 Å². The first-order chi connectivity index (χ1) is 15.5. The summed E-state index contributed by atoms with van der Waals surface area (Å²) in [5.74, 6) is -0.310. The predicted molar refractivity (Wildman–Crippen MR) is 125 cm³/mol. The summed E-state index contributed by atoms with van der Waals surface area (Å²) in [7, 11) is 1.55. The standard InChI is InChI=1S/C24H21N3O4S/c1-31-12-11-27-22-19(23(29)26-24(27)30)17(13-7-9-14(32-2)10-8-13)18-20(25-22)15-5-3-4-6-16(15)21(18)28/h3-10,17,25H,11-12H2,1-2H3,(H,26,29,30)/t17-/m1/s1. The van der Waals surface area contributed by atoms with Crippen LogP contribution in [-0.2, 0) is 11.3 Å². The Kier molecular flexibility index (Phi) is 5.11. The van der Waals surface area contributed by atoms with Crippen LogP contribution in [0.25, 0.3) is 5.70 Å². The summed E-state index contributed by atoms with van der Waals surface area (Å²) in [6.07, 6.45) is 1.99. The molecule has 0 fully saturated rings. The quantitative estimate of drug-likeness (QED) is 0.584. The fourth-order valence-electron chi connectivity index (χ4n) is 4.49. The Morgan fingerprint density at radius 1 is 1.03 bits per heavy atom. The second-order valence-electron chi connectivity index (χ2n) is 7.66. The van der Waals surface area contributed by atoms with Crippen molar-refractivity contribution in [3.05, 3.63) is 97.2 Å². The summed E-state index contributed by atoms with van der Waals surface area (Å²) < 4.78 is 6.64. The molecule has 0 saturated carbocycles. The summed E-state index contributed by atoms with van der Waals surface area (Å²) in [5.41, 5.74) is 2.70. The van der Waals surface area contributed by atoms with Crippen molar-refractivity contribution in [3.63, 3.8) is 0 Å². The second kappa shape index (κ2) is 7.96. The number of aromatic amines is 1. The van der Waals surface area contributed by atoms with Crippen LogP contribution >= 0.6 is 11.8 Å². The van der Waals surface area contributed by atoms with Gasteiger partial charge in [-0.05, 0) is 24.0 Å². The predicted octanol–water partition coefficient (Wildman–Crippen LogP) is 3.07. The SMILES string of the molecule is COCCn1c2c(c(=O)[nH]c1=O)[C@H](c1ccc(SC)cc1)C1=C(N2)c2ccccc2C1=O. The van der Waals surface area contributed by atoms with E-state index in [1.165, 1.54) is 4.57 Å². The van der Waals surface area contributed by atoms with Crippen molar-refractivity contribution in [2.45, 2.75) is 17.4 Å². The summed E-state index contributed by atoms with van der Waals surface area (Å²) in [5, 5.41) is 3.27. The molecule has 0 radical (unpaired) electrons. The van der Waals surface area contributed by atoms with Crippen molar-refractivity contribution in [2.75, 3.05) is 25.3 Å². The van der Waals surface area contributed by atoms with Gasteiger partial charge in [0.05, 0.1) is 24.4 Å². The minimum Gasteiger partial charge on any atom is -0.383 e. The normalized spacial score (nSPS) is 16.4. The molecule has 2 aliphatic rings. The van der Waals surface area contributed by atoms with E-state index >= 15 is 0 Å². The molecule has 1 aliphatic carbocycles. The molecule has 0 unspecified atom stereocenters. The number of anilines is 1. The Labute approximate surface area is 188 Å². The van der Waals surface area contributed by atoms with Gasteiger partial charge in [-0.3, -0.25) is 19.1 Å². The molecule has 7 nitrogen and oxygen atoms in total. The van der Waals surface area contributed by atoms with Crippen LogP contribution in [0, 0.1) is 0 Å². The van der Waals surface area contributed by atoms with Crippen molar-refractivity contribution < 1.29 is 9.53 Å². The lowest BCUT2D eigenvalue weighted by atomic mass is 9.81. The molecular weight excluding hydrogens is 426 g/mol. The van der Waals surface area contributed by atoms with Gasteiger partial charge in [-0.2, -0.15) is 0 Å². The maximum Gasteiger partial charge on any atom is 0.330 e. The van der Waals surface area contributed by atoms with Gasteiger partial charge in [0, 0.05) is 34.6 Å². The van der Waals surface area contributed by atoms with Gasteiger partial charge in [-0.25, -0.2) is 4.79 Å². The highest BCUT2D eigenvalue weighted by molar-refractivity contribution is 7.98. The van der Waals surface area contributed by atoms with E-state index in [1.54, 1.807) is 24.9 Å². The highest BCUT2D eigenvalue weighted by Crippen LogP contribution is 2.47. The monoisotopic (exact) mass is 447 g/mol. The van der Waals surface area contributed by atoms with Gasteiger partial charge in [0.25, 0.3) is 5.56 Å². The minimum absolute atomic E-state index is 0.110. The molecular formula is C24H21N3O4S. The molecule has 2 N–H and O–H groups in total. The smallest absolute Gasteiger partial charge is 0.330 e. The Morgan fingerprint density at radius 3 is 2.44 bits per heavy atom. The molecule has 1 aliphatic heterocycles. The number of nitrogens with zero attached hydrogens (tertiary/aromatic N) is 1. The summed E-state index contributed by atoms with van der Waals surface area (Å²) in [4.78, 5) is 42.8. The maximum atomic E-state index is 13.5. The van der Waals surface area contributed by atoms with Crippen molar-refractivity contribution in [3.8, 4) is 0 Å². The number of methoxy groups -OCH3 is 1. The third-order valence-electron chi connectivity index (χ3n) is 5.98. The molecule has 2 aromatic carbocycles. The number of thioether (sulfide) groups is 1. The van der Waals surface area contributed by atoms with E-state index in [0.29, 0.717) is 34.8 Å². The molecule has 1 aromatic heterocycles. The van der Waals surface area contributed by atoms with Crippen LogP contribution < -0.4 is 16.6 Å². The van der Waals surface area contributed by atoms with Gasteiger partial charge in [0.15, 0.2) is 5.78 Å². The molecule has 5 rings (SSSR count). The number of ether oxygens (including phenoxy) is 1. The lowest BCUT2D eigenvalue weighted by Crippen LogP contribution is -2.38. The third-order valence-corrected chi connectivity index (χ3v) is 6.72. The number of benzene rings is 2. The fourth-order valence-corrected chi connectivity index (χ4v) is 4.90. The molecule has 0 saturated heterocycles. The van der Waals surface area contributed by atoms with E-state index in [2.05, 4.69) is 10.3 Å². The van der Waals surface area contributed by atoms with Crippen molar-refractivity contribution in [1.29, 1.82) is 0 Å². The van der Waals surface area contributed by atoms with Crippen LogP contribution in [0.15, 0.2) is 68.6 Å². The lowest BCUT2D eigenvalue weighted by molar-refractivity contribution is 0.103. The molecule has 3 aromatic rings. The number of H-pyrrole nitrogens is 1. The van der Waals surface area contributed by atoms with Crippen LogP contribution in [0.3, 0.4) is 0 Å². The average molecular weight is 448 g/mol. The minimum atomic E-state index is -0.602. The van der Waals surface area contributed by atoms with E-state index in [4.69, 9.17) is 4.74 Å². The summed E-state index contributed by atoms with van der Waals surface area (Å²) >= 11 is 1.62. The topological polar surface area (TPSA) is 93.2 Å². The number of allylic oxidation sites excluding steroid dienone is 1. The Morgan fingerprint density at radius 2 is 1.75 bits per heavy atom. The molecule has 0 spiro atoms. The van der Waals surface area contributed by atoms with E-state index in [1.807, 2.05) is 48.7 Å². The average Bonchev–Trinajstić information content (AvgIpc) is 3.10. The van der Waals surface area contributed by atoms with E-state index < -0.39 is 17.2 Å². The van der Waals surface area contributed by atoms with Crippen LogP contribution in [0.5, 0.6) is 0 Å². The number of hydrogen-bond acceptors (Lipinski definition) is 6. The molecule has 0 bridgehead atoms. The first-order valence-electron chi connectivity index (χ1n) is 10.2. The Balaban J connectivity index is 1.80. The van der Waals surface area contributed by atoms with Crippen molar-refractivity contribution in [2.24, 2.45) is 0 Å². The number of Topliss-reactive ketones (excluding diaryl/α,β-unsaturated/α-hetero) is 1. The molecule has 162 valence electrons.